The van der Waals surface area contributed by atoms with Gasteiger partial charge in [-0.2, -0.15) is 0 Å². The van der Waals surface area contributed by atoms with Crippen molar-refractivity contribution in [2.45, 2.75) is 55.2 Å². The van der Waals surface area contributed by atoms with Crippen LogP contribution in [0.5, 0.6) is 0 Å². The van der Waals surface area contributed by atoms with Crippen LogP contribution in [0.15, 0.2) is 29.2 Å². The number of hydrazine groups is 1. The standard InChI is InChI=1S/C14H22N2S/c1-2-3-4-8-12(16-15)14-10-11-7-5-6-9-13(11)17-14/h5-7,9,12,14,16H,2-4,8,10,15H2,1H3. The van der Waals surface area contributed by atoms with Crippen LogP contribution in [0.3, 0.4) is 0 Å². The predicted octanol–water partition coefficient (Wildman–Crippen LogP) is 3.12. The number of hydrogen-bond donors (Lipinski definition) is 2. The molecule has 2 unspecified atom stereocenters. The van der Waals surface area contributed by atoms with Crippen molar-refractivity contribution in [1.29, 1.82) is 0 Å². The molecule has 0 spiro atoms. The Morgan fingerprint density at radius 3 is 2.94 bits per heavy atom. The summed E-state index contributed by atoms with van der Waals surface area (Å²) >= 11 is 1.98. The van der Waals surface area contributed by atoms with Gasteiger partial charge in [0, 0.05) is 16.2 Å². The maximum absolute atomic E-state index is 5.71. The number of benzene rings is 1. The van der Waals surface area contributed by atoms with Crippen LogP contribution in [0.4, 0.5) is 0 Å². The molecule has 3 heteroatoms. The Bertz CT molecular complexity index is 329. The maximum atomic E-state index is 5.71. The van der Waals surface area contributed by atoms with Crippen LogP contribution in [-0.2, 0) is 6.42 Å². The summed E-state index contributed by atoms with van der Waals surface area (Å²) in [6, 6.07) is 9.15. The number of rotatable bonds is 6. The van der Waals surface area contributed by atoms with Gasteiger partial charge in [0.05, 0.1) is 0 Å². The highest BCUT2D eigenvalue weighted by Gasteiger charge is 2.28. The van der Waals surface area contributed by atoms with Gasteiger partial charge in [-0.15, -0.1) is 11.8 Å². The van der Waals surface area contributed by atoms with Crippen molar-refractivity contribution in [1.82, 2.24) is 5.43 Å². The molecule has 0 saturated heterocycles. The molecule has 2 nitrogen and oxygen atoms in total. The second-order valence-electron chi connectivity index (χ2n) is 4.74. The van der Waals surface area contributed by atoms with E-state index >= 15 is 0 Å². The lowest BCUT2D eigenvalue weighted by Gasteiger charge is -2.21. The third-order valence-corrected chi connectivity index (χ3v) is 4.90. The number of hydrogen-bond acceptors (Lipinski definition) is 3. The molecule has 2 rings (SSSR count). The van der Waals surface area contributed by atoms with E-state index in [2.05, 4.69) is 36.6 Å². The summed E-state index contributed by atoms with van der Waals surface area (Å²) in [5, 5.41) is 0.606. The van der Waals surface area contributed by atoms with E-state index in [1.807, 2.05) is 11.8 Å². The average Bonchev–Trinajstić information content (AvgIpc) is 2.78. The van der Waals surface area contributed by atoms with E-state index in [1.54, 1.807) is 0 Å². The Morgan fingerprint density at radius 1 is 1.41 bits per heavy atom. The normalized spacial score (nSPS) is 20.2. The van der Waals surface area contributed by atoms with Gasteiger partial charge in [0.15, 0.2) is 0 Å². The van der Waals surface area contributed by atoms with Crippen LogP contribution < -0.4 is 11.3 Å². The third-order valence-electron chi connectivity index (χ3n) is 3.45. The van der Waals surface area contributed by atoms with E-state index in [9.17, 15) is 0 Å². The van der Waals surface area contributed by atoms with Gasteiger partial charge in [-0.1, -0.05) is 44.4 Å². The summed E-state index contributed by atoms with van der Waals surface area (Å²) < 4.78 is 0. The monoisotopic (exact) mass is 250 g/mol. The van der Waals surface area contributed by atoms with E-state index in [1.165, 1.54) is 36.1 Å². The molecular formula is C14H22N2S. The van der Waals surface area contributed by atoms with Crippen LogP contribution in [0.1, 0.15) is 38.2 Å². The molecule has 1 aliphatic heterocycles. The van der Waals surface area contributed by atoms with Gasteiger partial charge >= 0.3 is 0 Å². The Morgan fingerprint density at radius 2 is 2.24 bits per heavy atom. The first kappa shape index (κ1) is 12.9. The zero-order valence-electron chi connectivity index (χ0n) is 10.5. The predicted molar refractivity (Wildman–Crippen MR) is 75.0 cm³/mol. The summed E-state index contributed by atoms with van der Waals surface area (Å²) in [7, 11) is 0. The van der Waals surface area contributed by atoms with Crippen molar-refractivity contribution < 1.29 is 0 Å². The SMILES string of the molecule is CCCCCC(NN)C1Cc2ccccc2S1. The van der Waals surface area contributed by atoms with Gasteiger partial charge in [-0.3, -0.25) is 11.3 Å². The molecule has 0 bridgehead atoms. The van der Waals surface area contributed by atoms with Gasteiger partial charge in [0.2, 0.25) is 0 Å². The van der Waals surface area contributed by atoms with Crippen molar-refractivity contribution >= 4 is 11.8 Å². The Hall–Kier alpha value is -0.510. The minimum atomic E-state index is 0.443. The van der Waals surface area contributed by atoms with Crippen molar-refractivity contribution in [2.24, 2.45) is 5.84 Å². The van der Waals surface area contributed by atoms with Crippen molar-refractivity contribution in [3.63, 3.8) is 0 Å². The zero-order valence-corrected chi connectivity index (χ0v) is 11.3. The highest BCUT2D eigenvalue weighted by Crippen LogP contribution is 2.39. The maximum Gasteiger partial charge on any atom is 0.0336 e. The summed E-state index contributed by atoms with van der Waals surface area (Å²) in [6.45, 7) is 2.24. The molecule has 17 heavy (non-hydrogen) atoms. The van der Waals surface area contributed by atoms with Crippen molar-refractivity contribution in [3.8, 4) is 0 Å². The minimum absolute atomic E-state index is 0.443. The van der Waals surface area contributed by atoms with Crippen LogP contribution in [-0.4, -0.2) is 11.3 Å². The fourth-order valence-electron chi connectivity index (χ4n) is 2.42. The lowest BCUT2D eigenvalue weighted by molar-refractivity contribution is 0.456. The Labute approximate surface area is 108 Å². The second-order valence-corrected chi connectivity index (χ2v) is 6.02. The van der Waals surface area contributed by atoms with E-state index in [-0.39, 0.29) is 0 Å². The fraction of sp³-hybridized carbons (Fsp3) is 0.571. The number of nitrogens with two attached hydrogens (primary N) is 1. The molecule has 0 aromatic heterocycles. The molecule has 1 aliphatic rings. The minimum Gasteiger partial charge on any atom is -0.271 e. The van der Waals surface area contributed by atoms with E-state index in [4.69, 9.17) is 5.84 Å². The molecule has 1 heterocycles. The number of thioether (sulfide) groups is 1. The van der Waals surface area contributed by atoms with Gasteiger partial charge in [0.1, 0.15) is 0 Å². The molecular weight excluding hydrogens is 228 g/mol. The summed E-state index contributed by atoms with van der Waals surface area (Å²) in [4.78, 5) is 1.44. The van der Waals surface area contributed by atoms with Crippen LogP contribution in [0, 0.1) is 0 Å². The lowest BCUT2D eigenvalue weighted by atomic mass is 10.0. The van der Waals surface area contributed by atoms with Gasteiger partial charge in [0.25, 0.3) is 0 Å². The third kappa shape index (κ3) is 3.24. The number of nitrogens with one attached hydrogen (secondary N) is 1. The van der Waals surface area contributed by atoms with Crippen molar-refractivity contribution in [3.05, 3.63) is 29.8 Å². The molecule has 1 aromatic carbocycles. The van der Waals surface area contributed by atoms with E-state index < -0.39 is 0 Å². The quantitative estimate of drug-likeness (QED) is 0.463. The van der Waals surface area contributed by atoms with Crippen LogP contribution in [0.25, 0.3) is 0 Å². The molecule has 94 valence electrons. The van der Waals surface area contributed by atoms with Gasteiger partial charge in [-0.25, -0.2) is 0 Å². The highest BCUT2D eigenvalue weighted by molar-refractivity contribution is 8.00. The molecule has 0 fully saturated rings. The first-order valence-electron chi connectivity index (χ1n) is 6.56. The molecule has 1 aromatic rings. The van der Waals surface area contributed by atoms with E-state index in [0.717, 1.165) is 6.42 Å². The molecule has 0 radical (unpaired) electrons. The first-order valence-corrected chi connectivity index (χ1v) is 7.43. The molecule has 0 aliphatic carbocycles. The van der Waals surface area contributed by atoms with Crippen LogP contribution >= 0.6 is 11.8 Å². The number of unbranched alkanes of at least 4 members (excludes halogenated alkanes) is 2. The topological polar surface area (TPSA) is 38.0 Å². The van der Waals surface area contributed by atoms with Crippen molar-refractivity contribution in [2.75, 3.05) is 0 Å². The first-order chi connectivity index (χ1) is 8.35. The molecule has 0 saturated carbocycles. The van der Waals surface area contributed by atoms with Gasteiger partial charge < -0.3 is 0 Å². The highest BCUT2D eigenvalue weighted by atomic mass is 32.2. The zero-order chi connectivity index (χ0) is 12.1. The molecule has 2 atom stereocenters. The number of fused-ring (bicyclic) bond motifs is 1. The van der Waals surface area contributed by atoms with Crippen LogP contribution in [0.2, 0.25) is 0 Å². The fourth-order valence-corrected chi connectivity index (χ4v) is 3.85. The summed E-state index contributed by atoms with van der Waals surface area (Å²) in [5.41, 5.74) is 4.50. The largest absolute Gasteiger partial charge is 0.271 e. The molecule has 3 N–H and O–H groups in total. The lowest BCUT2D eigenvalue weighted by Crippen LogP contribution is -2.42. The molecule has 0 amide bonds. The van der Waals surface area contributed by atoms with E-state index in [0.29, 0.717) is 11.3 Å². The Kier molecular flexibility index (Phi) is 4.89. The smallest absolute Gasteiger partial charge is 0.0336 e. The Balaban J connectivity index is 1.91. The summed E-state index contributed by atoms with van der Waals surface area (Å²) in [5.74, 6) is 5.71. The summed E-state index contributed by atoms with van der Waals surface area (Å²) in [6.07, 6.45) is 6.20. The van der Waals surface area contributed by atoms with Gasteiger partial charge in [-0.05, 0) is 24.5 Å². The average molecular weight is 250 g/mol. The second kappa shape index (κ2) is 6.43.